The van der Waals surface area contributed by atoms with Crippen LogP contribution >= 0.6 is 0 Å². The minimum atomic E-state index is -1.23. The lowest BCUT2D eigenvalue weighted by Gasteiger charge is -2.09. The lowest BCUT2D eigenvalue weighted by molar-refractivity contribution is 0.254. The predicted molar refractivity (Wildman–Crippen MR) is 46.6 cm³/mol. The molecule has 0 radical (unpaired) electrons. The van der Waals surface area contributed by atoms with E-state index >= 15 is 0 Å². The van der Waals surface area contributed by atoms with Gasteiger partial charge in [-0.1, -0.05) is 13.8 Å². The zero-order valence-electron chi connectivity index (χ0n) is 7.98. The molecular weight excluding hydrogens is 193 g/mol. The largest absolute Gasteiger partial charge is 0.490 e. The number of halogens is 3. The molecule has 0 heterocycles. The van der Waals surface area contributed by atoms with E-state index in [1.165, 1.54) is 0 Å². The van der Waals surface area contributed by atoms with Gasteiger partial charge in [0.05, 0.1) is 6.61 Å². The van der Waals surface area contributed by atoms with Crippen LogP contribution in [-0.4, -0.2) is 6.61 Å². The average molecular weight is 204 g/mol. The first-order chi connectivity index (χ1) is 6.50. The van der Waals surface area contributed by atoms with Crippen LogP contribution in [0.3, 0.4) is 0 Å². The molecule has 0 atom stereocenters. The Morgan fingerprint density at radius 2 is 1.86 bits per heavy atom. The molecule has 0 aliphatic rings. The van der Waals surface area contributed by atoms with Gasteiger partial charge in [-0.2, -0.15) is 4.39 Å². The molecule has 0 N–H and O–H groups in total. The van der Waals surface area contributed by atoms with Crippen LogP contribution < -0.4 is 4.74 Å². The van der Waals surface area contributed by atoms with Gasteiger partial charge >= 0.3 is 0 Å². The summed E-state index contributed by atoms with van der Waals surface area (Å²) in [6.45, 7) is 3.93. The molecule has 1 aromatic rings. The minimum Gasteiger partial charge on any atom is -0.490 e. The maximum Gasteiger partial charge on any atom is 0.200 e. The molecule has 0 aromatic heterocycles. The van der Waals surface area contributed by atoms with Crippen molar-refractivity contribution in [2.45, 2.75) is 13.8 Å². The van der Waals surface area contributed by atoms with E-state index in [4.69, 9.17) is 4.74 Å². The van der Waals surface area contributed by atoms with Gasteiger partial charge in [0.25, 0.3) is 0 Å². The van der Waals surface area contributed by atoms with Gasteiger partial charge in [0.2, 0.25) is 5.82 Å². The van der Waals surface area contributed by atoms with E-state index in [0.29, 0.717) is 6.07 Å². The molecular formula is C10H11F3O. The Hall–Kier alpha value is -1.19. The molecule has 14 heavy (non-hydrogen) atoms. The number of hydrogen-bond acceptors (Lipinski definition) is 1. The van der Waals surface area contributed by atoms with Crippen molar-refractivity contribution < 1.29 is 17.9 Å². The molecule has 0 saturated heterocycles. The summed E-state index contributed by atoms with van der Waals surface area (Å²) in [6, 6.07) is 1.32. The van der Waals surface area contributed by atoms with Gasteiger partial charge < -0.3 is 4.74 Å². The van der Waals surface area contributed by atoms with Crippen molar-refractivity contribution in [2.24, 2.45) is 5.92 Å². The van der Waals surface area contributed by atoms with Gasteiger partial charge in [0, 0.05) is 12.1 Å². The first-order valence-electron chi connectivity index (χ1n) is 4.28. The summed E-state index contributed by atoms with van der Waals surface area (Å²) in [5.74, 6) is -3.43. The summed E-state index contributed by atoms with van der Waals surface area (Å²) in [6.07, 6.45) is 0. The smallest absolute Gasteiger partial charge is 0.200 e. The highest BCUT2D eigenvalue weighted by Crippen LogP contribution is 2.21. The molecule has 1 nitrogen and oxygen atoms in total. The van der Waals surface area contributed by atoms with Crippen LogP contribution in [0.25, 0.3) is 0 Å². The predicted octanol–water partition coefficient (Wildman–Crippen LogP) is 3.14. The van der Waals surface area contributed by atoms with Crippen molar-refractivity contribution in [2.75, 3.05) is 6.61 Å². The van der Waals surface area contributed by atoms with E-state index in [2.05, 4.69) is 0 Å². The van der Waals surface area contributed by atoms with E-state index in [0.717, 1.165) is 6.07 Å². The third-order valence-electron chi connectivity index (χ3n) is 1.53. The molecule has 0 unspecified atom stereocenters. The maximum absolute atomic E-state index is 13.0. The summed E-state index contributed by atoms with van der Waals surface area (Å²) in [5, 5.41) is 0. The number of ether oxygens (including phenoxy) is 1. The molecule has 0 aliphatic carbocycles. The van der Waals surface area contributed by atoms with E-state index in [1.54, 1.807) is 0 Å². The Balaban J connectivity index is 2.85. The van der Waals surface area contributed by atoms with Crippen LogP contribution in [0.5, 0.6) is 5.75 Å². The maximum atomic E-state index is 13.0. The van der Waals surface area contributed by atoms with Gasteiger partial charge in [-0.3, -0.25) is 0 Å². The molecule has 4 heteroatoms. The molecule has 0 aliphatic heterocycles. The Morgan fingerprint density at radius 3 is 2.43 bits per heavy atom. The summed E-state index contributed by atoms with van der Waals surface area (Å²) in [7, 11) is 0. The molecule has 0 spiro atoms. The van der Waals surface area contributed by atoms with Crippen LogP contribution in [0.15, 0.2) is 12.1 Å². The van der Waals surface area contributed by atoms with Crippen LogP contribution in [0, 0.1) is 23.4 Å². The Kier molecular flexibility index (Phi) is 3.38. The van der Waals surface area contributed by atoms with Crippen LogP contribution in [-0.2, 0) is 0 Å². The molecule has 0 saturated carbocycles. The van der Waals surface area contributed by atoms with Gasteiger partial charge in [-0.25, -0.2) is 8.78 Å². The number of hydrogen-bond donors (Lipinski definition) is 0. The number of benzene rings is 1. The van der Waals surface area contributed by atoms with Crippen molar-refractivity contribution in [1.29, 1.82) is 0 Å². The summed E-state index contributed by atoms with van der Waals surface area (Å²) >= 11 is 0. The van der Waals surface area contributed by atoms with Gasteiger partial charge in [0.15, 0.2) is 11.6 Å². The van der Waals surface area contributed by atoms with Crippen molar-refractivity contribution >= 4 is 0 Å². The summed E-state index contributed by atoms with van der Waals surface area (Å²) in [4.78, 5) is 0. The topological polar surface area (TPSA) is 9.23 Å². The summed E-state index contributed by atoms with van der Waals surface area (Å²) in [5.41, 5.74) is 0. The molecule has 1 rings (SSSR count). The average Bonchev–Trinajstić information content (AvgIpc) is 2.08. The van der Waals surface area contributed by atoms with Crippen LogP contribution in [0.4, 0.5) is 13.2 Å². The van der Waals surface area contributed by atoms with E-state index < -0.39 is 17.5 Å². The van der Waals surface area contributed by atoms with Crippen LogP contribution in [0.2, 0.25) is 0 Å². The SMILES string of the molecule is CC(C)COc1cc(F)cc(F)c1F. The molecule has 0 fully saturated rings. The molecule has 0 amide bonds. The lowest BCUT2D eigenvalue weighted by atomic mass is 10.2. The second kappa shape index (κ2) is 4.35. The normalized spacial score (nSPS) is 10.7. The molecule has 1 aromatic carbocycles. The second-order valence-corrected chi connectivity index (χ2v) is 3.40. The highest BCUT2D eigenvalue weighted by atomic mass is 19.2. The van der Waals surface area contributed by atoms with Gasteiger partial charge in [-0.05, 0) is 5.92 Å². The fraction of sp³-hybridized carbons (Fsp3) is 0.400. The quantitative estimate of drug-likeness (QED) is 0.687. The zero-order valence-corrected chi connectivity index (χ0v) is 7.98. The zero-order chi connectivity index (χ0) is 10.7. The van der Waals surface area contributed by atoms with Gasteiger partial charge in [-0.15, -0.1) is 0 Å². The highest BCUT2D eigenvalue weighted by Gasteiger charge is 2.12. The third kappa shape index (κ3) is 2.65. The standard InChI is InChI=1S/C10H11F3O/c1-6(2)5-14-9-4-7(11)3-8(12)10(9)13/h3-4,6H,5H2,1-2H3. The van der Waals surface area contributed by atoms with Gasteiger partial charge in [0.1, 0.15) is 5.82 Å². The monoisotopic (exact) mass is 204 g/mol. The van der Waals surface area contributed by atoms with Crippen molar-refractivity contribution in [1.82, 2.24) is 0 Å². The second-order valence-electron chi connectivity index (χ2n) is 3.40. The van der Waals surface area contributed by atoms with E-state index in [1.807, 2.05) is 13.8 Å². The van der Waals surface area contributed by atoms with Crippen molar-refractivity contribution in [3.63, 3.8) is 0 Å². The fourth-order valence-corrected chi connectivity index (χ4v) is 0.894. The lowest BCUT2D eigenvalue weighted by Crippen LogP contribution is -2.06. The first-order valence-corrected chi connectivity index (χ1v) is 4.28. The highest BCUT2D eigenvalue weighted by molar-refractivity contribution is 5.26. The van der Waals surface area contributed by atoms with Crippen molar-refractivity contribution in [3.8, 4) is 5.75 Å². The fourth-order valence-electron chi connectivity index (χ4n) is 0.894. The van der Waals surface area contributed by atoms with E-state index in [9.17, 15) is 13.2 Å². The Bertz CT molecular complexity index is 323. The van der Waals surface area contributed by atoms with Crippen molar-refractivity contribution in [3.05, 3.63) is 29.6 Å². The minimum absolute atomic E-state index is 0.167. The molecule has 78 valence electrons. The van der Waals surface area contributed by atoms with Crippen LogP contribution in [0.1, 0.15) is 13.8 Å². The number of rotatable bonds is 3. The molecule has 0 bridgehead atoms. The Labute approximate surface area is 80.5 Å². The Morgan fingerprint density at radius 1 is 1.21 bits per heavy atom. The third-order valence-corrected chi connectivity index (χ3v) is 1.53. The first kappa shape index (κ1) is 10.9. The van der Waals surface area contributed by atoms with E-state index in [-0.39, 0.29) is 18.3 Å². The summed E-state index contributed by atoms with van der Waals surface area (Å²) < 4.78 is 43.2.